The van der Waals surface area contributed by atoms with Crippen molar-refractivity contribution in [2.45, 2.75) is 26.5 Å². The van der Waals surface area contributed by atoms with Crippen LogP contribution < -0.4 is 10.1 Å². The molecule has 4 rings (SSSR count). The largest absolute Gasteiger partial charge is 0.489 e. The molecule has 2 aromatic carbocycles. The number of nitrogens with zero attached hydrogens (tertiary/aromatic N) is 3. The lowest BCUT2D eigenvalue weighted by Crippen LogP contribution is -2.29. The van der Waals surface area contributed by atoms with Crippen LogP contribution in [0.15, 0.2) is 72.2 Å². The maximum atomic E-state index is 12.6. The Morgan fingerprint density at radius 2 is 1.90 bits per heavy atom. The Hall–Kier alpha value is -3.61. The average Bonchev–Trinajstić information content (AvgIpc) is 3.20. The second-order valence-electron chi connectivity index (χ2n) is 6.66. The molecule has 3 aromatic rings. The zero-order valence-corrected chi connectivity index (χ0v) is 16.3. The standard InChI is InChI=1S/C22H22N4O3/c1-3-28-21(27)19-15(2)25-22-23-14-24-26(22)20(19)17-9-11-18(12-10-17)29-13-16-7-5-4-6-8-16/h4-12,14,20H,3,13H2,1-2H3,(H,23,24,25)/t20-/m0/s1. The minimum absolute atomic E-state index is 0.304. The van der Waals surface area contributed by atoms with Crippen molar-refractivity contribution in [1.82, 2.24) is 14.8 Å². The molecule has 0 saturated heterocycles. The van der Waals surface area contributed by atoms with Gasteiger partial charge >= 0.3 is 5.97 Å². The summed E-state index contributed by atoms with van der Waals surface area (Å²) in [5, 5.41) is 7.43. The van der Waals surface area contributed by atoms with Crippen molar-refractivity contribution in [1.29, 1.82) is 0 Å². The number of anilines is 1. The number of carbonyl (C=O) groups is 1. The molecule has 0 bridgehead atoms. The van der Waals surface area contributed by atoms with Crippen molar-refractivity contribution in [3.8, 4) is 5.75 Å². The topological polar surface area (TPSA) is 78.3 Å². The van der Waals surface area contributed by atoms with Crippen LogP contribution in [0.3, 0.4) is 0 Å². The van der Waals surface area contributed by atoms with E-state index in [0.717, 1.165) is 16.9 Å². The highest BCUT2D eigenvalue weighted by molar-refractivity contribution is 5.92. The Balaban J connectivity index is 1.60. The quantitative estimate of drug-likeness (QED) is 0.647. The molecule has 0 saturated carbocycles. The predicted octanol–water partition coefficient (Wildman–Crippen LogP) is 3.71. The van der Waals surface area contributed by atoms with E-state index in [1.54, 1.807) is 11.6 Å². The van der Waals surface area contributed by atoms with Crippen LogP contribution in [0.4, 0.5) is 5.95 Å². The number of esters is 1. The molecule has 0 fully saturated rings. The van der Waals surface area contributed by atoms with Crippen LogP contribution in [0.25, 0.3) is 0 Å². The van der Waals surface area contributed by atoms with Gasteiger partial charge in [0.1, 0.15) is 24.7 Å². The van der Waals surface area contributed by atoms with E-state index in [9.17, 15) is 4.79 Å². The van der Waals surface area contributed by atoms with Gasteiger partial charge in [-0.1, -0.05) is 42.5 Å². The summed E-state index contributed by atoms with van der Waals surface area (Å²) in [5.41, 5.74) is 3.22. The van der Waals surface area contributed by atoms with Crippen LogP contribution in [0.2, 0.25) is 0 Å². The third-order valence-electron chi connectivity index (χ3n) is 4.73. The highest BCUT2D eigenvalue weighted by Gasteiger charge is 2.34. The van der Waals surface area contributed by atoms with Crippen LogP contribution in [0.1, 0.15) is 31.0 Å². The number of hydrogen-bond donors (Lipinski definition) is 1. The molecule has 1 N–H and O–H groups in total. The predicted molar refractivity (Wildman–Crippen MR) is 108 cm³/mol. The third kappa shape index (κ3) is 3.85. The highest BCUT2D eigenvalue weighted by Crippen LogP contribution is 2.35. The first-order valence-corrected chi connectivity index (χ1v) is 9.48. The summed E-state index contributed by atoms with van der Waals surface area (Å²) in [6.07, 6.45) is 1.47. The Morgan fingerprint density at radius 3 is 2.62 bits per heavy atom. The maximum absolute atomic E-state index is 12.6. The monoisotopic (exact) mass is 390 g/mol. The van der Waals surface area contributed by atoms with E-state index in [0.29, 0.717) is 30.4 Å². The van der Waals surface area contributed by atoms with Gasteiger partial charge in [-0.05, 0) is 37.1 Å². The van der Waals surface area contributed by atoms with Gasteiger partial charge in [-0.2, -0.15) is 10.1 Å². The summed E-state index contributed by atoms with van der Waals surface area (Å²) < 4.78 is 12.8. The van der Waals surface area contributed by atoms with Crippen LogP contribution in [-0.4, -0.2) is 27.3 Å². The molecule has 0 aliphatic carbocycles. The zero-order valence-electron chi connectivity index (χ0n) is 16.3. The Kier molecular flexibility index (Phi) is 5.29. The SMILES string of the molecule is CCOC(=O)C1=C(C)Nc2ncnn2[C@H]1c1ccc(OCc2ccccc2)cc1. The average molecular weight is 390 g/mol. The minimum atomic E-state index is -0.420. The van der Waals surface area contributed by atoms with E-state index in [1.165, 1.54) is 6.33 Å². The lowest BCUT2D eigenvalue weighted by atomic mass is 9.96. The lowest BCUT2D eigenvalue weighted by molar-refractivity contribution is -0.139. The molecule has 0 amide bonds. The number of carbonyl (C=O) groups excluding carboxylic acids is 1. The fourth-order valence-electron chi connectivity index (χ4n) is 3.36. The summed E-state index contributed by atoms with van der Waals surface area (Å²) in [6, 6.07) is 17.2. The molecule has 29 heavy (non-hydrogen) atoms. The van der Waals surface area contributed by atoms with E-state index in [2.05, 4.69) is 15.4 Å². The number of nitrogens with one attached hydrogen (secondary N) is 1. The van der Waals surface area contributed by atoms with Crippen molar-refractivity contribution < 1.29 is 14.3 Å². The smallest absolute Gasteiger partial charge is 0.338 e. The van der Waals surface area contributed by atoms with Gasteiger partial charge in [0.2, 0.25) is 5.95 Å². The van der Waals surface area contributed by atoms with Gasteiger partial charge in [0.15, 0.2) is 0 Å². The summed E-state index contributed by atoms with van der Waals surface area (Å²) in [4.78, 5) is 16.9. The van der Waals surface area contributed by atoms with Crippen LogP contribution in [-0.2, 0) is 16.1 Å². The molecule has 1 atom stereocenters. The Labute approximate surface area is 169 Å². The van der Waals surface area contributed by atoms with Gasteiger partial charge in [-0.25, -0.2) is 9.48 Å². The number of rotatable bonds is 6. The molecule has 7 heteroatoms. The van der Waals surface area contributed by atoms with E-state index in [4.69, 9.17) is 9.47 Å². The van der Waals surface area contributed by atoms with E-state index < -0.39 is 6.04 Å². The first-order chi connectivity index (χ1) is 14.2. The van der Waals surface area contributed by atoms with Gasteiger partial charge in [-0.3, -0.25) is 0 Å². The number of allylic oxidation sites excluding steroid dienone is 1. The number of aromatic nitrogens is 3. The minimum Gasteiger partial charge on any atom is -0.489 e. The highest BCUT2D eigenvalue weighted by atomic mass is 16.5. The molecular formula is C22H22N4O3. The van der Waals surface area contributed by atoms with E-state index >= 15 is 0 Å². The fourth-order valence-corrected chi connectivity index (χ4v) is 3.36. The van der Waals surface area contributed by atoms with Gasteiger partial charge in [0.05, 0.1) is 12.2 Å². The third-order valence-corrected chi connectivity index (χ3v) is 4.73. The molecule has 0 spiro atoms. The second-order valence-corrected chi connectivity index (χ2v) is 6.66. The summed E-state index contributed by atoms with van der Waals surface area (Å²) in [5.74, 6) is 0.974. The number of ether oxygens (including phenoxy) is 2. The second kappa shape index (κ2) is 8.18. The molecular weight excluding hydrogens is 368 g/mol. The van der Waals surface area contributed by atoms with Crippen molar-refractivity contribution in [3.05, 3.63) is 83.3 Å². The van der Waals surface area contributed by atoms with Crippen LogP contribution in [0, 0.1) is 0 Å². The molecule has 1 aliphatic rings. The van der Waals surface area contributed by atoms with E-state index in [-0.39, 0.29) is 5.97 Å². The number of hydrogen-bond acceptors (Lipinski definition) is 6. The molecule has 2 heterocycles. The molecule has 1 aliphatic heterocycles. The normalized spacial score (nSPS) is 15.4. The number of fused-ring (bicyclic) bond motifs is 1. The molecule has 7 nitrogen and oxygen atoms in total. The number of benzene rings is 2. The fraction of sp³-hybridized carbons (Fsp3) is 0.227. The Morgan fingerprint density at radius 1 is 1.14 bits per heavy atom. The van der Waals surface area contributed by atoms with Gasteiger partial charge in [0, 0.05) is 5.70 Å². The van der Waals surface area contributed by atoms with Gasteiger partial charge < -0.3 is 14.8 Å². The summed E-state index contributed by atoms with van der Waals surface area (Å²) in [7, 11) is 0. The first-order valence-electron chi connectivity index (χ1n) is 9.48. The molecule has 0 unspecified atom stereocenters. The van der Waals surface area contributed by atoms with Crippen molar-refractivity contribution >= 4 is 11.9 Å². The Bertz CT molecular complexity index is 1030. The van der Waals surface area contributed by atoms with Crippen molar-refractivity contribution in [3.63, 3.8) is 0 Å². The summed E-state index contributed by atoms with van der Waals surface area (Å²) >= 11 is 0. The van der Waals surface area contributed by atoms with E-state index in [1.807, 2.05) is 61.5 Å². The van der Waals surface area contributed by atoms with Crippen LogP contribution in [0.5, 0.6) is 5.75 Å². The molecule has 148 valence electrons. The van der Waals surface area contributed by atoms with Gasteiger partial charge in [-0.15, -0.1) is 0 Å². The zero-order chi connectivity index (χ0) is 20.2. The van der Waals surface area contributed by atoms with Crippen molar-refractivity contribution in [2.24, 2.45) is 0 Å². The van der Waals surface area contributed by atoms with Crippen molar-refractivity contribution in [2.75, 3.05) is 11.9 Å². The first kappa shape index (κ1) is 18.7. The summed E-state index contributed by atoms with van der Waals surface area (Å²) in [6.45, 7) is 4.43. The van der Waals surface area contributed by atoms with Crippen LogP contribution >= 0.6 is 0 Å². The lowest BCUT2D eigenvalue weighted by Gasteiger charge is -2.28. The van der Waals surface area contributed by atoms with Gasteiger partial charge in [0.25, 0.3) is 0 Å². The molecule has 1 aromatic heterocycles. The molecule has 0 radical (unpaired) electrons. The maximum Gasteiger partial charge on any atom is 0.338 e.